The van der Waals surface area contributed by atoms with Gasteiger partial charge in [-0.3, -0.25) is 0 Å². The van der Waals surface area contributed by atoms with Gasteiger partial charge in [0.25, 0.3) is 0 Å². The molecule has 0 aromatic heterocycles. The maximum atomic E-state index is 13.0. The summed E-state index contributed by atoms with van der Waals surface area (Å²) in [5.41, 5.74) is 0. The molecule has 0 bridgehead atoms. The van der Waals surface area contributed by atoms with Gasteiger partial charge >= 0.3 is 0 Å². The van der Waals surface area contributed by atoms with Crippen LogP contribution in [0.3, 0.4) is 0 Å². The summed E-state index contributed by atoms with van der Waals surface area (Å²) >= 11 is 9.43. The maximum absolute atomic E-state index is 13.0. The number of rotatable bonds is 3. The van der Waals surface area contributed by atoms with Crippen molar-refractivity contribution in [2.75, 3.05) is 19.8 Å². The van der Waals surface area contributed by atoms with Gasteiger partial charge in [0.05, 0.1) is 24.3 Å². The average molecular weight is 411 g/mol. The molecule has 1 unspecified atom stereocenters. The Balaban J connectivity index is 1.94. The van der Waals surface area contributed by atoms with E-state index in [1.54, 1.807) is 12.1 Å². The zero-order valence-corrected chi connectivity index (χ0v) is 15.0. The fourth-order valence-electron chi connectivity index (χ4n) is 2.91. The monoisotopic (exact) mass is 409 g/mol. The van der Waals surface area contributed by atoms with Gasteiger partial charge in [0, 0.05) is 11.0 Å². The van der Waals surface area contributed by atoms with Gasteiger partial charge < -0.3 is 9.47 Å². The van der Waals surface area contributed by atoms with E-state index in [4.69, 9.17) is 21.1 Å². The molecular formula is C14H17BrClNO4S. The molecule has 0 saturated carbocycles. The van der Waals surface area contributed by atoms with Crippen LogP contribution in [0.5, 0.6) is 0 Å². The lowest BCUT2D eigenvalue weighted by Crippen LogP contribution is -2.50. The Hall–Kier alpha value is -0.180. The number of nitrogens with zero attached hydrogens (tertiary/aromatic N) is 1. The van der Waals surface area contributed by atoms with Crippen LogP contribution in [0, 0.1) is 0 Å². The second-order valence-electron chi connectivity index (χ2n) is 5.36. The topological polar surface area (TPSA) is 55.8 Å². The van der Waals surface area contributed by atoms with Crippen LogP contribution in [0.15, 0.2) is 27.6 Å². The van der Waals surface area contributed by atoms with E-state index in [2.05, 4.69) is 15.9 Å². The van der Waals surface area contributed by atoms with Gasteiger partial charge in [-0.25, -0.2) is 8.42 Å². The van der Waals surface area contributed by atoms with Crippen molar-refractivity contribution in [1.82, 2.24) is 4.31 Å². The molecule has 0 radical (unpaired) electrons. The molecule has 2 saturated heterocycles. The highest BCUT2D eigenvalue weighted by molar-refractivity contribution is 9.10. The summed E-state index contributed by atoms with van der Waals surface area (Å²) < 4.78 is 39.3. The summed E-state index contributed by atoms with van der Waals surface area (Å²) in [6.07, 6.45) is 2.05. The molecular weight excluding hydrogens is 394 g/mol. The summed E-state index contributed by atoms with van der Waals surface area (Å²) in [4.78, 5) is 0.127. The fraction of sp³-hybridized carbons (Fsp3) is 0.571. The van der Waals surface area contributed by atoms with Crippen molar-refractivity contribution in [3.8, 4) is 0 Å². The normalized spacial score (nSPS) is 24.7. The molecule has 0 spiro atoms. The van der Waals surface area contributed by atoms with Gasteiger partial charge in [0.1, 0.15) is 4.90 Å². The van der Waals surface area contributed by atoms with Crippen LogP contribution >= 0.6 is 27.5 Å². The fourth-order valence-corrected chi connectivity index (χ4v) is 5.61. The lowest BCUT2D eigenvalue weighted by Gasteiger charge is -2.37. The van der Waals surface area contributed by atoms with Crippen LogP contribution in [0.4, 0.5) is 0 Å². The molecule has 8 heteroatoms. The van der Waals surface area contributed by atoms with Gasteiger partial charge in [0.15, 0.2) is 6.29 Å². The first-order valence-corrected chi connectivity index (χ1v) is 9.81. The number of benzene rings is 1. The molecule has 0 amide bonds. The number of hydrogen-bond donors (Lipinski definition) is 0. The first-order chi connectivity index (χ1) is 10.5. The van der Waals surface area contributed by atoms with Crippen LogP contribution in [0.1, 0.15) is 19.3 Å². The highest BCUT2D eigenvalue weighted by Crippen LogP contribution is 2.33. The smallest absolute Gasteiger partial charge is 0.244 e. The number of halogens is 2. The lowest BCUT2D eigenvalue weighted by atomic mass is 10.0. The van der Waals surface area contributed by atoms with E-state index >= 15 is 0 Å². The van der Waals surface area contributed by atoms with Crippen LogP contribution in [0.2, 0.25) is 5.02 Å². The summed E-state index contributed by atoms with van der Waals surface area (Å²) in [7, 11) is -3.68. The predicted molar refractivity (Wildman–Crippen MR) is 86.4 cm³/mol. The van der Waals surface area contributed by atoms with Gasteiger partial charge in [-0.05, 0) is 31.0 Å². The number of piperidine rings is 1. The molecule has 2 fully saturated rings. The molecule has 2 heterocycles. The van der Waals surface area contributed by atoms with E-state index < -0.39 is 16.3 Å². The van der Waals surface area contributed by atoms with Crippen molar-refractivity contribution in [2.45, 2.75) is 36.5 Å². The Labute approximate surface area is 143 Å². The third kappa shape index (κ3) is 3.20. The van der Waals surface area contributed by atoms with Gasteiger partial charge in [-0.2, -0.15) is 4.31 Å². The van der Waals surface area contributed by atoms with E-state index in [0.717, 1.165) is 23.7 Å². The van der Waals surface area contributed by atoms with Crippen molar-refractivity contribution in [3.63, 3.8) is 0 Å². The largest absolute Gasteiger partial charge is 0.349 e. The van der Waals surface area contributed by atoms with E-state index in [9.17, 15) is 8.42 Å². The van der Waals surface area contributed by atoms with E-state index in [-0.39, 0.29) is 16.0 Å². The van der Waals surface area contributed by atoms with E-state index in [1.807, 2.05) is 0 Å². The minimum Gasteiger partial charge on any atom is -0.349 e. The molecule has 1 aromatic carbocycles. The molecule has 3 rings (SSSR count). The average Bonchev–Trinajstić information content (AvgIpc) is 3.01. The van der Waals surface area contributed by atoms with Crippen LogP contribution in [-0.4, -0.2) is 44.8 Å². The molecule has 2 aliphatic rings. The Morgan fingerprint density at radius 2 is 1.95 bits per heavy atom. The molecule has 1 aromatic rings. The predicted octanol–water partition coefficient (Wildman–Crippen LogP) is 3.02. The zero-order chi connectivity index (χ0) is 15.7. The first kappa shape index (κ1) is 16.7. The molecule has 2 aliphatic heterocycles. The minimum absolute atomic E-state index is 0.127. The van der Waals surface area contributed by atoms with Crippen molar-refractivity contribution in [1.29, 1.82) is 0 Å². The van der Waals surface area contributed by atoms with Crippen molar-refractivity contribution in [3.05, 3.63) is 27.7 Å². The first-order valence-electron chi connectivity index (χ1n) is 7.20. The molecule has 122 valence electrons. The third-order valence-electron chi connectivity index (χ3n) is 3.94. The van der Waals surface area contributed by atoms with Crippen molar-refractivity contribution >= 4 is 37.6 Å². The Morgan fingerprint density at radius 3 is 2.64 bits per heavy atom. The third-order valence-corrected chi connectivity index (χ3v) is 6.84. The standard InChI is InChI=1S/C14H17BrClNO4S/c15-10-4-5-13(11(16)9-10)22(18,19)17-6-2-1-3-12(17)14-20-7-8-21-14/h4-5,9,12,14H,1-3,6-8H2. The van der Waals surface area contributed by atoms with Crippen LogP contribution in [0.25, 0.3) is 0 Å². The lowest BCUT2D eigenvalue weighted by molar-refractivity contribution is -0.0913. The molecule has 0 aliphatic carbocycles. The summed E-state index contributed by atoms with van der Waals surface area (Å²) in [5.74, 6) is 0. The zero-order valence-electron chi connectivity index (χ0n) is 11.9. The van der Waals surface area contributed by atoms with E-state index in [1.165, 1.54) is 10.4 Å². The van der Waals surface area contributed by atoms with Crippen molar-refractivity contribution in [2.24, 2.45) is 0 Å². The summed E-state index contributed by atoms with van der Waals surface area (Å²) in [6, 6.07) is 4.51. The van der Waals surface area contributed by atoms with Gasteiger partial charge in [-0.1, -0.05) is 34.0 Å². The Kier molecular flexibility index (Phi) is 5.11. The van der Waals surface area contributed by atoms with Gasteiger partial charge in [-0.15, -0.1) is 0 Å². The van der Waals surface area contributed by atoms with E-state index in [0.29, 0.717) is 19.8 Å². The second kappa shape index (κ2) is 6.75. The molecule has 1 atom stereocenters. The second-order valence-corrected chi connectivity index (χ2v) is 8.55. The Morgan fingerprint density at radius 1 is 1.23 bits per heavy atom. The summed E-state index contributed by atoms with van der Waals surface area (Å²) in [6.45, 7) is 1.48. The molecule has 22 heavy (non-hydrogen) atoms. The number of sulfonamides is 1. The van der Waals surface area contributed by atoms with Crippen molar-refractivity contribution < 1.29 is 17.9 Å². The van der Waals surface area contributed by atoms with Crippen LogP contribution in [-0.2, 0) is 19.5 Å². The highest BCUT2D eigenvalue weighted by Gasteiger charge is 2.41. The number of ether oxygens (including phenoxy) is 2. The Bertz CT molecular complexity index is 648. The number of hydrogen-bond acceptors (Lipinski definition) is 4. The van der Waals surface area contributed by atoms with Crippen LogP contribution < -0.4 is 0 Å². The minimum atomic E-state index is -3.68. The summed E-state index contributed by atoms with van der Waals surface area (Å²) in [5, 5.41) is 0.215. The SMILES string of the molecule is O=S(=O)(c1ccc(Br)cc1Cl)N1CCCCC1C1OCCO1. The molecule has 0 N–H and O–H groups in total. The maximum Gasteiger partial charge on any atom is 0.244 e. The highest BCUT2D eigenvalue weighted by atomic mass is 79.9. The molecule has 5 nitrogen and oxygen atoms in total. The quantitative estimate of drug-likeness (QED) is 0.768. The van der Waals surface area contributed by atoms with Gasteiger partial charge in [0.2, 0.25) is 10.0 Å².